The first kappa shape index (κ1) is 9.83. The van der Waals surface area contributed by atoms with Crippen molar-refractivity contribution in [1.82, 2.24) is 4.98 Å². The number of hydrogen-bond acceptors (Lipinski definition) is 2. The van der Waals surface area contributed by atoms with Crippen LogP contribution in [-0.4, -0.2) is 4.98 Å². The first-order valence-corrected chi connectivity index (χ1v) is 5.46. The molecular formula is C9H5ClFNS2. The maximum Gasteiger partial charge on any atom is 0.158 e. The summed E-state index contributed by atoms with van der Waals surface area (Å²) in [5, 5.41) is 2.00. The van der Waals surface area contributed by atoms with E-state index in [4.69, 9.17) is 23.8 Å². The monoisotopic (exact) mass is 245 g/mol. The lowest BCUT2D eigenvalue weighted by Gasteiger charge is -1.98. The van der Waals surface area contributed by atoms with E-state index in [1.165, 1.54) is 17.4 Å². The molecule has 2 rings (SSSR count). The SMILES string of the molecule is Fc1ccc(-c2csc(=S)[nH]2)cc1Cl. The van der Waals surface area contributed by atoms with Crippen LogP contribution in [0.15, 0.2) is 23.6 Å². The molecule has 0 saturated carbocycles. The summed E-state index contributed by atoms with van der Waals surface area (Å²) in [6.45, 7) is 0. The molecule has 5 heteroatoms. The van der Waals surface area contributed by atoms with Crippen LogP contribution in [0, 0.1) is 9.77 Å². The van der Waals surface area contributed by atoms with Crippen LogP contribution in [0.4, 0.5) is 4.39 Å². The molecule has 0 aliphatic carbocycles. The summed E-state index contributed by atoms with van der Waals surface area (Å²) in [4.78, 5) is 2.99. The van der Waals surface area contributed by atoms with Gasteiger partial charge in [0.1, 0.15) is 5.82 Å². The Balaban J connectivity index is 2.52. The summed E-state index contributed by atoms with van der Waals surface area (Å²) < 4.78 is 13.6. The van der Waals surface area contributed by atoms with Crippen molar-refractivity contribution in [3.8, 4) is 11.3 Å². The highest BCUT2D eigenvalue weighted by Crippen LogP contribution is 2.24. The van der Waals surface area contributed by atoms with E-state index in [2.05, 4.69) is 4.98 Å². The van der Waals surface area contributed by atoms with Crippen LogP contribution in [-0.2, 0) is 0 Å². The molecule has 0 saturated heterocycles. The first-order chi connectivity index (χ1) is 6.66. The molecule has 1 aromatic heterocycles. The Morgan fingerprint density at radius 2 is 2.21 bits per heavy atom. The zero-order valence-corrected chi connectivity index (χ0v) is 9.27. The molecule has 0 fully saturated rings. The molecule has 0 atom stereocenters. The average molecular weight is 246 g/mol. The maximum atomic E-state index is 12.9. The van der Waals surface area contributed by atoms with Crippen LogP contribution in [0.5, 0.6) is 0 Å². The van der Waals surface area contributed by atoms with E-state index in [1.807, 2.05) is 5.38 Å². The Hall–Kier alpha value is -0.710. The highest BCUT2D eigenvalue weighted by atomic mass is 35.5. The van der Waals surface area contributed by atoms with Gasteiger partial charge in [0.05, 0.1) is 10.7 Å². The predicted molar refractivity (Wildman–Crippen MR) is 59.9 cm³/mol. The third-order valence-electron chi connectivity index (χ3n) is 1.75. The number of rotatable bonds is 1. The van der Waals surface area contributed by atoms with Crippen LogP contribution in [0.1, 0.15) is 0 Å². The van der Waals surface area contributed by atoms with E-state index in [-0.39, 0.29) is 5.02 Å². The van der Waals surface area contributed by atoms with Crippen molar-refractivity contribution in [2.45, 2.75) is 0 Å². The minimum absolute atomic E-state index is 0.119. The minimum Gasteiger partial charge on any atom is -0.337 e. The quantitative estimate of drug-likeness (QED) is 0.742. The minimum atomic E-state index is -0.413. The maximum absolute atomic E-state index is 12.9. The Morgan fingerprint density at radius 3 is 2.79 bits per heavy atom. The summed E-state index contributed by atoms with van der Waals surface area (Å²) in [7, 11) is 0. The van der Waals surface area contributed by atoms with E-state index in [0.717, 1.165) is 11.3 Å². The summed E-state index contributed by atoms with van der Waals surface area (Å²) in [6, 6.07) is 4.57. The summed E-state index contributed by atoms with van der Waals surface area (Å²) >= 11 is 12.0. The van der Waals surface area contributed by atoms with Crippen LogP contribution >= 0.6 is 35.2 Å². The van der Waals surface area contributed by atoms with Gasteiger partial charge in [-0.15, -0.1) is 11.3 Å². The van der Waals surface area contributed by atoms with Crippen molar-refractivity contribution in [3.05, 3.63) is 38.4 Å². The number of hydrogen-bond donors (Lipinski definition) is 1. The van der Waals surface area contributed by atoms with E-state index in [0.29, 0.717) is 3.95 Å². The van der Waals surface area contributed by atoms with Gasteiger partial charge in [-0.25, -0.2) is 4.39 Å². The third kappa shape index (κ3) is 1.87. The molecule has 0 amide bonds. The van der Waals surface area contributed by atoms with Crippen LogP contribution in [0.3, 0.4) is 0 Å². The molecule has 14 heavy (non-hydrogen) atoms. The molecule has 0 unspecified atom stereocenters. The predicted octanol–water partition coefficient (Wildman–Crippen LogP) is 4.27. The highest BCUT2D eigenvalue weighted by Gasteiger charge is 2.03. The Bertz CT molecular complexity index is 518. The lowest BCUT2D eigenvalue weighted by atomic mass is 10.2. The van der Waals surface area contributed by atoms with Gasteiger partial charge in [-0.05, 0) is 30.4 Å². The van der Waals surface area contributed by atoms with Gasteiger partial charge in [-0.3, -0.25) is 0 Å². The number of aromatic amines is 1. The molecule has 0 aliphatic rings. The number of halogens is 2. The molecule has 0 aliphatic heterocycles. The average Bonchev–Trinajstić information content (AvgIpc) is 2.57. The van der Waals surface area contributed by atoms with Gasteiger partial charge in [-0.1, -0.05) is 11.6 Å². The Kier molecular flexibility index (Phi) is 2.67. The number of benzene rings is 1. The van der Waals surface area contributed by atoms with Gasteiger partial charge >= 0.3 is 0 Å². The molecule has 1 aromatic carbocycles. The smallest absolute Gasteiger partial charge is 0.158 e. The molecule has 72 valence electrons. The Morgan fingerprint density at radius 1 is 1.43 bits per heavy atom. The largest absolute Gasteiger partial charge is 0.337 e. The van der Waals surface area contributed by atoms with Gasteiger partial charge in [0.2, 0.25) is 0 Å². The van der Waals surface area contributed by atoms with Crippen molar-refractivity contribution < 1.29 is 4.39 Å². The Labute approximate surface area is 94.2 Å². The summed E-state index contributed by atoms with van der Waals surface area (Å²) in [5.41, 5.74) is 1.70. The highest BCUT2D eigenvalue weighted by molar-refractivity contribution is 7.73. The fourth-order valence-electron chi connectivity index (χ4n) is 1.09. The summed E-state index contributed by atoms with van der Waals surface area (Å²) in [5.74, 6) is -0.413. The van der Waals surface area contributed by atoms with Crippen molar-refractivity contribution in [1.29, 1.82) is 0 Å². The molecule has 0 radical (unpaired) electrons. The standard InChI is InChI=1S/C9H5ClFNS2/c10-6-3-5(1-2-7(6)11)8-4-14-9(13)12-8/h1-4H,(H,12,13). The second kappa shape index (κ2) is 3.81. The van der Waals surface area contributed by atoms with Crippen molar-refractivity contribution >= 4 is 35.2 Å². The first-order valence-electron chi connectivity index (χ1n) is 3.80. The van der Waals surface area contributed by atoms with Gasteiger partial charge in [0, 0.05) is 10.9 Å². The fraction of sp³-hybridized carbons (Fsp3) is 0. The molecular weight excluding hydrogens is 241 g/mol. The molecule has 0 bridgehead atoms. The summed E-state index contributed by atoms with van der Waals surface area (Å²) in [6.07, 6.45) is 0. The molecule has 1 heterocycles. The van der Waals surface area contributed by atoms with E-state index in [1.54, 1.807) is 12.1 Å². The second-order valence-corrected chi connectivity index (χ2v) is 4.64. The van der Waals surface area contributed by atoms with Gasteiger partial charge in [-0.2, -0.15) is 0 Å². The van der Waals surface area contributed by atoms with E-state index >= 15 is 0 Å². The van der Waals surface area contributed by atoms with Crippen molar-refractivity contribution in [3.63, 3.8) is 0 Å². The molecule has 0 spiro atoms. The van der Waals surface area contributed by atoms with Crippen LogP contribution in [0.2, 0.25) is 5.02 Å². The van der Waals surface area contributed by atoms with Crippen molar-refractivity contribution in [2.75, 3.05) is 0 Å². The zero-order valence-electron chi connectivity index (χ0n) is 6.88. The van der Waals surface area contributed by atoms with Crippen molar-refractivity contribution in [2.24, 2.45) is 0 Å². The van der Waals surface area contributed by atoms with Crippen LogP contribution in [0.25, 0.3) is 11.3 Å². The molecule has 2 aromatic rings. The third-order valence-corrected chi connectivity index (χ3v) is 3.10. The topological polar surface area (TPSA) is 15.8 Å². The zero-order chi connectivity index (χ0) is 10.1. The molecule has 1 nitrogen and oxygen atoms in total. The fourth-order valence-corrected chi connectivity index (χ4v) is 2.11. The van der Waals surface area contributed by atoms with Gasteiger partial charge in [0.25, 0.3) is 0 Å². The second-order valence-electron chi connectivity index (χ2n) is 2.69. The van der Waals surface area contributed by atoms with Gasteiger partial charge < -0.3 is 4.98 Å². The number of nitrogens with one attached hydrogen (secondary N) is 1. The normalized spacial score (nSPS) is 10.4. The number of aromatic nitrogens is 1. The number of thiazole rings is 1. The van der Waals surface area contributed by atoms with Crippen LogP contribution < -0.4 is 0 Å². The lowest BCUT2D eigenvalue weighted by molar-refractivity contribution is 0.628. The lowest BCUT2D eigenvalue weighted by Crippen LogP contribution is -1.80. The van der Waals surface area contributed by atoms with E-state index in [9.17, 15) is 4.39 Å². The molecule has 1 N–H and O–H groups in total. The van der Waals surface area contributed by atoms with E-state index < -0.39 is 5.82 Å². The number of H-pyrrole nitrogens is 1. The van der Waals surface area contributed by atoms with Gasteiger partial charge in [0.15, 0.2) is 3.95 Å².